The van der Waals surface area contributed by atoms with Gasteiger partial charge in [-0.05, 0) is 42.7 Å². The first-order chi connectivity index (χ1) is 7.92. The largest absolute Gasteiger partial charge is 0.327 e. The third-order valence-electron chi connectivity index (χ3n) is 4.25. The van der Waals surface area contributed by atoms with Gasteiger partial charge in [-0.1, -0.05) is 13.8 Å². The number of thiophene rings is 1. The zero-order valence-electron chi connectivity index (χ0n) is 11.4. The number of hydrogen-bond donors (Lipinski definition) is 1. The number of rotatable bonds is 3. The van der Waals surface area contributed by atoms with Crippen LogP contribution in [-0.4, -0.2) is 24.0 Å². The zero-order valence-corrected chi connectivity index (χ0v) is 12.2. The molecule has 0 spiro atoms. The van der Waals surface area contributed by atoms with Crippen molar-refractivity contribution in [3.8, 4) is 0 Å². The lowest BCUT2D eigenvalue weighted by atomic mass is 9.84. The van der Waals surface area contributed by atoms with Crippen LogP contribution in [0.15, 0.2) is 11.4 Å². The van der Waals surface area contributed by atoms with E-state index in [0.29, 0.717) is 6.04 Å². The summed E-state index contributed by atoms with van der Waals surface area (Å²) in [5.41, 5.74) is 7.79. The Morgan fingerprint density at radius 1 is 1.59 bits per heavy atom. The van der Waals surface area contributed by atoms with Gasteiger partial charge in [0.2, 0.25) is 0 Å². The first-order valence-electron chi connectivity index (χ1n) is 6.47. The average molecular weight is 252 g/mol. The van der Waals surface area contributed by atoms with Crippen LogP contribution in [-0.2, 0) is 6.42 Å². The van der Waals surface area contributed by atoms with Crippen molar-refractivity contribution in [1.29, 1.82) is 0 Å². The second-order valence-corrected chi connectivity index (χ2v) is 6.97. The molecule has 0 fully saturated rings. The minimum absolute atomic E-state index is 0.182. The highest BCUT2D eigenvalue weighted by molar-refractivity contribution is 7.10. The lowest BCUT2D eigenvalue weighted by molar-refractivity contribution is 0.116. The Morgan fingerprint density at radius 2 is 2.29 bits per heavy atom. The zero-order chi connectivity index (χ0) is 12.6. The summed E-state index contributed by atoms with van der Waals surface area (Å²) in [4.78, 5) is 4.16. The van der Waals surface area contributed by atoms with Crippen LogP contribution in [0.3, 0.4) is 0 Å². The summed E-state index contributed by atoms with van der Waals surface area (Å²) in [6.45, 7) is 11.2. The third-order valence-corrected chi connectivity index (χ3v) is 5.24. The minimum Gasteiger partial charge on any atom is -0.327 e. The van der Waals surface area contributed by atoms with Crippen LogP contribution in [0.4, 0.5) is 0 Å². The van der Waals surface area contributed by atoms with Gasteiger partial charge in [0.1, 0.15) is 0 Å². The molecule has 2 N–H and O–H groups in total. The molecule has 17 heavy (non-hydrogen) atoms. The summed E-state index contributed by atoms with van der Waals surface area (Å²) < 4.78 is 0. The van der Waals surface area contributed by atoms with E-state index in [-0.39, 0.29) is 11.5 Å². The fourth-order valence-electron chi connectivity index (χ4n) is 2.44. The normalized spacial score (nSPS) is 23.5. The third kappa shape index (κ3) is 2.56. The maximum Gasteiger partial charge on any atom is 0.0331 e. The van der Waals surface area contributed by atoms with Gasteiger partial charge in [0, 0.05) is 30.1 Å². The van der Waals surface area contributed by atoms with E-state index in [2.05, 4.69) is 44.0 Å². The Morgan fingerprint density at radius 3 is 2.94 bits per heavy atom. The molecule has 1 aromatic rings. The van der Waals surface area contributed by atoms with Crippen molar-refractivity contribution in [2.45, 2.75) is 46.2 Å². The van der Waals surface area contributed by atoms with E-state index in [4.69, 9.17) is 5.73 Å². The van der Waals surface area contributed by atoms with Gasteiger partial charge in [-0.2, -0.15) is 0 Å². The highest BCUT2D eigenvalue weighted by Gasteiger charge is 2.31. The summed E-state index contributed by atoms with van der Waals surface area (Å²) >= 11 is 1.90. The van der Waals surface area contributed by atoms with E-state index < -0.39 is 0 Å². The number of hydrogen-bond acceptors (Lipinski definition) is 3. The van der Waals surface area contributed by atoms with Crippen LogP contribution in [0.5, 0.6) is 0 Å². The first kappa shape index (κ1) is 13.1. The molecule has 2 unspecified atom stereocenters. The van der Waals surface area contributed by atoms with Gasteiger partial charge in [0.05, 0.1) is 0 Å². The molecule has 0 amide bonds. The number of nitrogens with two attached hydrogens (primary N) is 1. The van der Waals surface area contributed by atoms with Gasteiger partial charge in [0.25, 0.3) is 0 Å². The average Bonchev–Trinajstić information content (AvgIpc) is 2.70. The van der Waals surface area contributed by atoms with Gasteiger partial charge < -0.3 is 5.73 Å². The molecule has 96 valence electrons. The van der Waals surface area contributed by atoms with Gasteiger partial charge in [-0.25, -0.2) is 0 Å². The first-order valence-corrected chi connectivity index (χ1v) is 7.35. The van der Waals surface area contributed by atoms with Crippen molar-refractivity contribution < 1.29 is 0 Å². The van der Waals surface area contributed by atoms with Crippen molar-refractivity contribution in [3.63, 3.8) is 0 Å². The van der Waals surface area contributed by atoms with E-state index in [9.17, 15) is 0 Å². The van der Waals surface area contributed by atoms with E-state index in [1.165, 1.54) is 18.5 Å². The smallest absolute Gasteiger partial charge is 0.0331 e. The molecule has 2 rings (SSSR count). The Labute approximate surface area is 109 Å². The van der Waals surface area contributed by atoms with Crippen LogP contribution >= 0.6 is 11.3 Å². The Balaban J connectivity index is 2.10. The molecule has 2 nitrogen and oxygen atoms in total. The topological polar surface area (TPSA) is 29.3 Å². The Bertz CT molecular complexity index is 381. The molecular formula is C14H24N2S. The van der Waals surface area contributed by atoms with Gasteiger partial charge in [-0.3, -0.25) is 4.90 Å². The molecule has 2 atom stereocenters. The van der Waals surface area contributed by atoms with E-state index in [1.807, 2.05) is 11.3 Å². The number of fused-ring (bicyclic) bond motifs is 1. The van der Waals surface area contributed by atoms with Crippen molar-refractivity contribution in [1.82, 2.24) is 4.90 Å². The standard InChI is InChI=1S/C14H24N2S/c1-10-12-6-8-17-13(12)5-7-16(10)9-14(3,4)11(2)15/h6,8,10-11H,5,7,9,15H2,1-4H3. The molecule has 1 aliphatic heterocycles. The van der Waals surface area contributed by atoms with Crippen molar-refractivity contribution in [2.75, 3.05) is 13.1 Å². The van der Waals surface area contributed by atoms with Crippen molar-refractivity contribution in [3.05, 3.63) is 21.9 Å². The molecule has 0 aromatic carbocycles. The Hall–Kier alpha value is -0.380. The fourth-order valence-corrected chi connectivity index (χ4v) is 3.41. The fraction of sp³-hybridized carbons (Fsp3) is 0.714. The lowest BCUT2D eigenvalue weighted by Crippen LogP contribution is -2.46. The lowest BCUT2D eigenvalue weighted by Gasteiger charge is -2.40. The molecule has 1 aromatic heterocycles. The SMILES string of the molecule is CC1c2ccsc2CCN1CC(C)(C)C(C)N. The summed E-state index contributed by atoms with van der Waals surface area (Å²) in [5, 5.41) is 2.22. The molecular weight excluding hydrogens is 228 g/mol. The van der Waals surface area contributed by atoms with Gasteiger partial charge >= 0.3 is 0 Å². The quantitative estimate of drug-likeness (QED) is 0.896. The second kappa shape index (κ2) is 4.71. The summed E-state index contributed by atoms with van der Waals surface area (Å²) in [6, 6.07) is 3.07. The van der Waals surface area contributed by atoms with E-state index in [1.54, 1.807) is 4.88 Å². The molecule has 3 heteroatoms. The van der Waals surface area contributed by atoms with E-state index >= 15 is 0 Å². The minimum atomic E-state index is 0.182. The maximum absolute atomic E-state index is 6.08. The summed E-state index contributed by atoms with van der Waals surface area (Å²) in [6.07, 6.45) is 1.20. The van der Waals surface area contributed by atoms with Crippen molar-refractivity contribution in [2.24, 2.45) is 11.1 Å². The van der Waals surface area contributed by atoms with Crippen LogP contribution in [0.25, 0.3) is 0 Å². The summed E-state index contributed by atoms with van der Waals surface area (Å²) in [5.74, 6) is 0. The second-order valence-electron chi connectivity index (χ2n) is 5.97. The van der Waals surface area contributed by atoms with Crippen molar-refractivity contribution >= 4 is 11.3 Å². The molecule has 0 aliphatic carbocycles. The number of nitrogens with zero attached hydrogens (tertiary/aromatic N) is 1. The van der Waals surface area contributed by atoms with Gasteiger partial charge in [0.15, 0.2) is 0 Å². The molecule has 0 saturated heterocycles. The molecule has 0 radical (unpaired) electrons. The van der Waals surface area contributed by atoms with Crippen LogP contribution in [0.1, 0.15) is 44.2 Å². The molecule has 2 heterocycles. The van der Waals surface area contributed by atoms with E-state index in [0.717, 1.165) is 6.54 Å². The molecule has 1 aliphatic rings. The predicted molar refractivity (Wildman–Crippen MR) is 75.4 cm³/mol. The maximum atomic E-state index is 6.08. The molecule has 0 bridgehead atoms. The van der Waals surface area contributed by atoms with Crippen LogP contribution in [0.2, 0.25) is 0 Å². The van der Waals surface area contributed by atoms with Crippen LogP contribution < -0.4 is 5.73 Å². The summed E-state index contributed by atoms with van der Waals surface area (Å²) in [7, 11) is 0. The highest BCUT2D eigenvalue weighted by atomic mass is 32.1. The Kier molecular flexibility index (Phi) is 3.62. The van der Waals surface area contributed by atoms with Gasteiger partial charge in [-0.15, -0.1) is 11.3 Å². The van der Waals surface area contributed by atoms with Crippen LogP contribution in [0, 0.1) is 5.41 Å². The monoisotopic (exact) mass is 252 g/mol. The highest BCUT2D eigenvalue weighted by Crippen LogP contribution is 2.35. The molecule has 0 saturated carbocycles. The predicted octanol–water partition coefficient (Wildman–Crippen LogP) is 3.04.